The molecule has 2 saturated heterocycles. The van der Waals surface area contributed by atoms with Crippen molar-refractivity contribution in [2.75, 3.05) is 31.5 Å². The lowest BCUT2D eigenvalue weighted by Gasteiger charge is -2.31. The van der Waals surface area contributed by atoms with E-state index in [0.29, 0.717) is 36.1 Å². The van der Waals surface area contributed by atoms with Crippen molar-refractivity contribution in [2.24, 2.45) is 5.92 Å². The number of hydrogen-bond acceptors (Lipinski definition) is 7. The average Bonchev–Trinajstić information content (AvgIpc) is 3.57. The Morgan fingerprint density at radius 3 is 2.74 bits per heavy atom. The highest BCUT2D eigenvalue weighted by atomic mass is 32.1. The zero-order valence-corrected chi connectivity index (χ0v) is 19.9. The summed E-state index contributed by atoms with van der Waals surface area (Å²) in [6.07, 6.45) is 4.96. The second-order valence-corrected chi connectivity index (χ2v) is 9.90. The summed E-state index contributed by atoms with van der Waals surface area (Å²) in [5, 5.41) is 9.11. The second-order valence-electron chi connectivity index (χ2n) is 8.95. The van der Waals surface area contributed by atoms with Gasteiger partial charge in [0.1, 0.15) is 0 Å². The summed E-state index contributed by atoms with van der Waals surface area (Å²) in [5.41, 5.74) is 1.16. The Labute approximate surface area is 202 Å². The number of carbonyl (C=O) groups excluding carboxylic acids is 2. The summed E-state index contributed by atoms with van der Waals surface area (Å²) < 4.78 is 5.44. The molecule has 2 aliphatic heterocycles. The molecule has 0 saturated carbocycles. The summed E-state index contributed by atoms with van der Waals surface area (Å²) in [6.45, 7) is 3.58. The van der Waals surface area contributed by atoms with Gasteiger partial charge in [-0.15, -0.1) is 11.3 Å². The van der Waals surface area contributed by atoms with Crippen molar-refractivity contribution in [3.8, 4) is 10.7 Å². The number of hydrogen-bond donors (Lipinski definition) is 1. The number of aromatic nitrogens is 2. The Morgan fingerprint density at radius 2 is 1.91 bits per heavy atom. The van der Waals surface area contributed by atoms with Crippen molar-refractivity contribution in [3.63, 3.8) is 0 Å². The number of anilines is 1. The highest BCUT2D eigenvalue weighted by molar-refractivity contribution is 7.13. The Balaban J connectivity index is 1.21. The first-order chi connectivity index (χ1) is 16.7. The molecular weight excluding hydrogens is 450 g/mol. The molecule has 8 nitrogen and oxygen atoms in total. The molecule has 2 amide bonds. The SMILES string of the molecule is O=C(Nc1ccccc1C(=O)N1CCCCC1)C1CCCN(Cc2nc(-c3cccs3)no2)C1. The summed E-state index contributed by atoms with van der Waals surface area (Å²) in [5.74, 6) is 0.951. The van der Waals surface area contributed by atoms with E-state index in [1.807, 2.05) is 40.6 Å². The van der Waals surface area contributed by atoms with Crippen LogP contribution in [-0.2, 0) is 11.3 Å². The molecule has 34 heavy (non-hydrogen) atoms. The first kappa shape index (κ1) is 22.7. The maximum atomic E-state index is 13.2. The van der Waals surface area contributed by atoms with Crippen LogP contribution in [0.5, 0.6) is 0 Å². The Hall–Kier alpha value is -3.04. The lowest BCUT2D eigenvalue weighted by atomic mass is 9.96. The smallest absolute Gasteiger partial charge is 0.255 e. The molecule has 3 aromatic rings. The van der Waals surface area contributed by atoms with E-state index in [2.05, 4.69) is 20.4 Å². The number of amides is 2. The van der Waals surface area contributed by atoms with E-state index in [4.69, 9.17) is 4.52 Å². The van der Waals surface area contributed by atoms with Crippen LogP contribution in [-0.4, -0.2) is 57.9 Å². The number of nitrogens with zero attached hydrogens (tertiary/aromatic N) is 4. The summed E-state index contributed by atoms with van der Waals surface area (Å²) in [7, 11) is 0. The van der Waals surface area contributed by atoms with Crippen LogP contribution < -0.4 is 5.32 Å². The average molecular weight is 480 g/mol. The largest absolute Gasteiger partial charge is 0.339 e. The van der Waals surface area contributed by atoms with E-state index in [0.717, 1.165) is 50.2 Å². The number of thiophene rings is 1. The molecular formula is C25H29N5O3S. The highest BCUT2D eigenvalue weighted by Crippen LogP contribution is 2.25. The van der Waals surface area contributed by atoms with Gasteiger partial charge >= 0.3 is 0 Å². The van der Waals surface area contributed by atoms with Gasteiger partial charge in [0.25, 0.3) is 5.91 Å². The molecule has 0 bridgehead atoms. The molecule has 2 fully saturated rings. The third-order valence-electron chi connectivity index (χ3n) is 6.50. The predicted octanol–water partition coefficient (Wildman–Crippen LogP) is 4.27. The van der Waals surface area contributed by atoms with Gasteiger partial charge in [0.2, 0.25) is 17.6 Å². The minimum atomic E-state index is -0.161. The van der Waals surface area contributed by atoms with E-state index in [-0.39, 0.29) is 17.7 Å². The fourth-order valence-corrected chi connectivity index (χ4v) is 5.36. The molecule has 0 aliphatic carbocycles. The van der Waals surface area contributed by atoms with Gasteiger partial charge in [0, 0.05) is 19.6 Å². The third-order valence-corrected chi connectivity index (χ3v) is 7.37. The molecule has 178 valence electrons. The van der Waals surface area contributed by atoms with Crippen molar-refractivity contribution in [3.05, 3.63) is 53.2 Å². The molecule has 1 unspecified atom stereocenters. The van der Waals surface area contributed by atoms with E-state index < -0.39 is 0 Å². The molecule has 2 aliphatic rings. The topological polar surface area (TPSA) is 91.6 Å². The standard InChI is InChI=1S/C25H29N5O3S/c31-24(26-20-10-3-2-9-19(20)25(32)30-13-4-1-5-14-30)18-8-6-12-29(16-18)17-22-27-23(28-33-22)21-11-7-15-34-21/h2-3,7,9-11,15,18H,1,4-6,8,12-14,16-17H2,(H,26,31). The van der Waals surface area contributed by atoms with Gasteiger partial charge in [-0.1, -0.05) is 23.4 Å². The second kappa shape index (κ2) is 10.5. The number of likely N-dealkylation sites (tertiary alicyclic amines) is 2. The predicted molar refractivity (Wildman–Crippen MR) is 130 cm³/mol. The van der Waals surface area contributed by atoms with Gasteiger partial charge < -0.3 is 14.7 Å². The van der Waals surface area contributed by atoms with Crippen molar-refractivity contribution in [1.82, 2.24) is 19.9 Å². The monoisotopic (exact) mass is 479 g/mol. The zero-order chi connectivity index (χ0) is 23.3. The van der Waals surface area contributed by atoms with E-state index in [9.17, 15) is 9.59 Å². The first-order valence-corrected chi connectivity index (χ1v) is 12.8. The van der Waals surface area contributed by atoms with Crippen molar-refractivity contribution >= 4 is 28.8 Å². The molecule has 2 aromatic heterocycles. The third kappa shape index (κ3) is 5.20. The number of para-hydroxylation sites is 1. The van der Waals surface area contributed by atoms with Gasteiger partial charge in [0.05, 0.1) is 28.6 Å². The number of carbonyl (C=O) groups is 2. The molecule has 1 atom stereocenters. The van der Waals surface area contributed by atoms with Crippen LogP contribution in [0, 0.1) is 5.92 Å². The van der Waals surface area contributed by atoms with E-state index in [1.165, 1.54) is 6.42 Å². The summed E-state index contributed by atoms with van der Waals surface area (Å²) in [4.78, 5) is 35.8. The lowest BCUT2D eigenvalue weighted by molar-refractivity contribution is -0.121. The Kier molecular flexibility index (Phi) is 7.01. The molecule has 0 radical (unpaired) electrons. The maximum Gasteiger partial charge on any atom is 0.255 e. The number of benzene rings is 1. The number of piperidine rings is 2. The Morgan fingerprint density at radius 1 is 1.06 bits per heavy atom. The highest BCUT2D eigenvalue weighted by Gasteiger charge is 2.28. The van der Waals surface area contributed by atoms with Crippen molar-refractivity contribution in [1.29, 1.82) is 0 Å². The Bertz CT molecular complexity index is 1120. The van der Waals surface area contributed by atoms with Crippen LogP contribution in [0.1, 0.15) is 48.4 Å². The summed E-state index contributed by atoms with van der Waals surface area (Å²) in [6, 6.07) is 11.3. The minimum absolute atomic E-state index is 0.00110. The van der Waals surface area contributed by atoms with Gasteiger partial charge in [-0.3, -0.25) is 14.5 Å². The van der Waals surface area contributed by atoms with Gasteiger partial charge in [-0.05, 0) is 62.2 Å². The lowest BCUT2D eigenvalue weighted by Crippen LogP contribution is -2.40. The fraction of sp³-hybridized carbons (Fsp3) is 0.440. The van der Waals surface area contributed by atoms with Crippen LogP contribution in [0.25, 0.3) is 10.7 Å². The van der Waals surface area contributed by atoms with Crippen LogP contribution in [0.2, 0.25) is 0 Å². The van der Waals surface area contributed by atoms with Crippen molar-refractivity contribution in [2.45, 2.75) is 38.6 Å². The van der Waals surface area contributed by atoms with Crippen LogP contribution in [0.4, 0.5) is 5.69 Å². The van der Waals surface area contributed by atoms with Gasteiger partial charge in [-0.2, -0.15) is 4.98 Å². The fourth-order valence-electron chi connectivity index (χ4n) is 4.71. The van der Waals surface area contributed by atoms with E-state index in [1.54, 1.807) is 17.4 Å². The number of rotatable bonds is 6. The zero-order valence-electron chi connectivity index (χ0n) is 19.1. The van der Waals surface area contributed by atoms with E-state index >= 15 is 0 Å². The molecule has 0 spiro atoms. The first-order valence-electron chi connectivity index (χ1n) is 12.0. The van der Waals surface area contributed by atoms with Crippen LogP contribution in [0.3, 0.4) is 0 Å². The van der Waals surface area contributed by atoms with Gasteiger partial charge in [0.15, 0.2) is 0 Å². The molecule has 4 heterocycles. The minimum Gasteiger partial charge on any atom is -0.339 e. The molecule has 1 N–H and O–H groups in total. The quantitative estimate of drug-likeness (QED) is 0.568. The van der Waals surface area contributed by atoms with Gasteiger partial charge in [-0.25, -0.2) is 0 Å². The summed E-state index contributed by atoms with van der Waals surface area (Å²) >= 11 is 1.57. The number of nitrogens with one attached hydrogen (secondary N) is 1. The normalized spacial score (nSPS) is 19.2. The molecule has 1 aromatic carbocycles. The molecule has 5 rings (SSSR count). The van der Waals surface area contributed by atoms with Crippen LogP contribution in [0.15, 0.2) is 46.3 Å². The van der Waals surface area contributed by atoms with Crippen LogP contribution >= 0.6 is 11.3 Å². The molecule has 9 heteroatoms. The maximum absolute atomic E-state index is 13.2. The van der Waals surface area contributed by atoms with Crippen molar-refractivity contribution < 1.29 is 14.1 Å².